The number of phosphoric ester groups is 1. The molecule has 0 aromatic heterocycles. The first-order valence-electron chi connectivity index (χ1n) is 22.5. The third-order valence-electron chi connectivity index (χ3n) is 8.64. The fourth-order valence-electron chi connectivity index (χ4n) is 5.29. The van der Waals surface area contributed by atoms with Gasteiger partial charge in [0.05, 0.1) is 26.4 Å². The minimum Gasteiger partial charge on any atom is -0.457 e. The zero-order chi connectivity index (χ0) is 43.9. The molecule has 340 valence electrons. The van der Waals surface area contributed by atoms with Crippen molar-refractivity contribution in [3.05, 3.63) is 122 Å². The second kappa shape index (κ2) is 45.4. The standard InChI is InChI=1S/C50H81O9P/c1-3-5-7-9-11-13-15-17-19-21-23-24-25-26-28-30-32-34-36-38-40-42-50(53)59-49(47-58-60(54,55)57-45-48(52)44-51)46-56-43-41-39-37-35-33-31-29-27-22-20-18-16-14-12-10-8-6-4-2/h5-8,11-14,17-20,23-24,26-29,32,34,48-49,51-52H,3-4,9-10,15-16,21-22,25,30-31,33,35-47H2,1-2H3,(H,54,55)/b7-5-,8-6-,13-11-,14-12-,19-17-,20-18-,24-23-,28-26-,29-27-,34-32-. The van der Waals surface area contributed by atoms with Crippen LogP contribution in [0.5, 0.6) is 0 Å². The minimum absolute atomic E-state index is 0.00930. The number of aliphatic hydroxyl groups excluding tert-OH is 2. The maximum absolute atomic E-state index is 12.6. The summed E-state index contributed by atoms with van der Waals surface area (Å²) in [5, 5.41) is 18.4. The van der Waals surface area contributed by atoms with Crippen molar-refractivity contribution in [2.24, 2.45) is 0 Å². The zero-order valence-corrected chi connectivity index (χ0v) is 38.0. The van der Waals surface area contributed by atoms with Gasteiger partial charge < -0.3 is 24.6 Å². The Morgan fingerprint density at radius 1 is 0.517 bits per heavy atom. The molecule has 0 rings (SSSR count). The number of carbonyl (C=O) groups excluding carboxylic acids is 1. The van der Waals surface area contributed by atoms with E-state index in [1.54, 1.807) is 0 Å². The number of ether oxygens (including phenoxy) is 2. The first kappa shape index (κ1) is 56.9. The Labute approximate surface area is 364 Å². The van der Waals surface area contributed by atoms with Crippen molar-refractivity contribution in [3.63, 3.8) is 0 Å². The van der Waals surface area contributed by atoms with Crippen molar-refractivity contribution in [2.75, 3.05) is 33.0 Å². The molecule has 0 aromatic rings. The number of hydrogen-bond acceptors (Lipinski definition) is 8. The van der Waals surface area contributed by atoms with E-state index in [0.29, 0.717) is 13.0 Å². The molecule has 3 N–H and O–H groups in total. The zero-order valence-electron chi connectivity index (χ0n) is 37.1. The quantitative estimate of drug-likeness (QED) is 0.0238. The van der Waals surface area contributed by atoms with E-state index < -0.39 is 45.8 Å². The van der Waals surface area contributed by atoms with Crippen LogP contribution >= 0.6 is 7.82 Å². The lowest BCUT2D eigenvalue weighted by Gasteiger charge is -2.20. The Balaban J connectivity index is 4.32. The lowest BCUT2D eigenvalue weighted by atomic mass is 10.1. The fraction of sp³-hybridized carbons (Fsp3) is 0.580. The lowest BCUT2D eigenvalue weighted by Crippen LogP contribution is -2.29. The van der Waals surface area contributed by atoms with Gasteiger partial charge in [0.15, 0.2) is 0 Å². The molecule has 3 unspecified atom stereocenters. The van der Waals surface area contributed by atoms with Crippen LogP contribution in [0.4, 0.5) is 0 Å². The first-order chi connectivity index (χ1) is 29.3. The summed E-state index contributed by atoms with van der Waals surface area (Å²) in [5.41, 5.74) is 0. The average Bonchev–Trinajstić information content (AvgIpc) is 3.24. The molecular weight excluding hydrogens is 776 g/mol. The number of rotatable bonds is 41. The Morgan fingerprint density at radius 3 is 1.35 bits per heavy atom. The van der Waals surface area contributed by atoms with Crippen LogP contribution in [0, 0.1) is 0 Å². The number of carbonyl (C=O) groups is 1. The van der Waals surface area contributed by atoms with E-state index in [4.69, 9.17) is 23.6 Å². The third kappa shape index (κ3) is 44.4. The number of hydrogen-bond donors (Lipinski definition) is 3. The molecule has 10 heteroatoms. The molecule has 0 aliphatic carbocycles. The highest BCUT2D eigenvalue weighted by Crippen LogP contribution is 2.43. The molecule has 60 heavy (non-hydrogen) atoms. The summed E-state index contributed by atoms with van der Waals surface area (Å²) < 4.78 is 33.3. The van der Waals surface area contributed by atoms with Crippen molar-refractivity contribution in [3.8, 4) is 0 Å². The summed E-state index contributed by atoms with van der Waals surface area (Å²) in [6.07, 6.45) is 60.2. The van der Waals surface area contributed by atoms with E-state index in [-0.39, 0.29) is 13.0 Å². The van der Waals surface area contributed by atoms with Crippen LogP contribution in [0.3, 0.4) is 0 Å². The first-order valence-corrected chi connectivity index (χ1v) is 24.0. The predicted octanol–water partition coefficient (Wildman–Crippen LogP) is 12.8. The summed E-state index contributed by atoms with van der Waals surface area (Å²) in [6, 6.07) is 0. The largest absolute Gasteiger partial charge is 0.472 e. The van der Waals surface area contributed by atoms with Gasteiger partial charge in [-0.2, -0.15) is 0 Å². The van der Waals surface area contributed by atoms with E-state index >= 15 is 0 Å². The molecule has 0 saturated heterocycles. The molecule has 0 bridgehead atoms. The molecule has 9 nitrogen and oxygen atoms in total. The third-order valence-corrected chi connectivity index (χ3v) is 9.59. The van der Waals surface area contributed by atoms with E-state index in [9.17, 15) is 19.4 Å². The maximum atomic E-state index is 12.6. The van der Waals surface area contributed by atoms with Crippen molar-refractivity contribution < 1.29 is 43.0 Å². The Hall–Kier alpha value is -3.14. The molecule has 0 aliphatic rings. The van der Waals surface area contributed by atoms with Gasteiger partial charge in [-0.25, -0.2) is 4.57 Å². The Bertz CT molecular complexity index is 1340. The van der Waals surface area contributed by atoms with E-state index in [0.717, 1.165) is 116 Å². The molecular formula is C50H81O9P. The Morgan fingerprint density at radius 2 is 0.900 bits per heavy atom. The molecule has 0 radical (unpaired) electrons. The van der Waals surface area contributed by atoms with Gasteiger partial charge in [-0.1, -0.05) is 155 Å². The fourth-order valence-corrected chi connectivity index (χ4v) is 6.08. The molecule has 3 atom stereocenters. The van der Waals surface area contributed by atoms with Gasteiger partial charge in [-0.3, -0.25) is 13.8 Å². The highest BCUT2D eigenvalue weighted by Gasteiger charge is 2.26. The topological polar surface area (TPSA) is 132 Å². The van der Waals surface area contributed by atoms with Crippen LogP contribution in [0.2, 0.25) is 0 Å². The van der Waals surface area contributed by atoms with Crippen LogP contribution < -0.4 is 0 Å². The van der Waals surface area contributed by atoms with Gasteiger partial charge >= 0.3 is 13.8 Å². The summed E-state index contributed by atoms with van der Waals surface area (Å²) in [6.45, 7) is 3.14. The maximum Gasteiger partial charge on any atom is 0.472 e. The van der Waals surface area contributed by atoms with Gasteiger partial charge in [-0.05, 0) is 103 Å². The van der Waals surface area contributed by atoms with Crippen LogP contribution in [-0.2, 0) is 27.9 Å². The van der Waals surface area contributed by atoms with Gasteiger partial charge in [0.1, 0.15) is 12.2 Å². The van der Waals surface area contributed by atoms with Gasteiger partial charge in [0.25, 0.3) is 0 Å². The monoisotopic (exact) mass is 857 g/mol. The molecule has 0 spiro atoms. The minimum atomic E-state index is -4.55. The second-order valence-electron chi connectivity index (χ2n) is 14.3. The predicted molar refractivity (Wildman–Crippen MR) is 251 cm³/mol. The van der Waals surface area contributed by atoms with Gasteiger partial charge in [0.2, 0.25) is 0 Å². The van der Waals surface area contributed by atoms with Crippen LogP contribution in [0.15, 0.2) is 122 Å². The van der Waals surface area contributed by atoms with Gasteiger partial charge in [0, 0.05) is 13.0 Å². The molecule has 0 heterocycles. The van der Waals surface area contributed by atoms with Crippen LogP contribution in [0.25, 0.3) is 0 Å². The van der Waals surface area contributed by atoms with Crippen LogP contribution in [0.1, 0.15) is 142 Å². The lowest BCUT2D eigenvalue weighted by molar-refractivity contribution is -0.154. The highest BCUT2D eigenvalue weighted by molar-refractivity contribution is 7.47. The van der Waals surface area contributed by atoms with Crippen molar-refractivity contribution >= 4 is 13.8 Å². The summed E-state index contributed by atoms with van der Waals surface area (Å²) in [4.78, 5) is 22.6. The summed E-state index contributed by atoms with van der Waals surface area (Å²) in [5.74, 6) is -0.437. The SMILES string of the molecule is CC/C=C\C/C=C\C/C=C\C/C=C\C/C=C\C/C=C\CCCCC(=O)OC(COCCCCCCC/C=C\C/C=C\C/C=C\C/C=C\CC)COP(=O)(O)OCC(O)CO. The van der Waals surface area contributed by atoms with E-state index in [1.165, 1.54) is 0 Å². The number of phosphoric acid groups is 1. The smallest absolute Gasteiger partial charge is 0.457 e. The molecule has 0 fully saturated rings. The molecule has 0 saturated carbocycles. The second-order valence-corrected chi connectivity index (χ2v) is 15.8. The van der Waals surface area contributed by atoms with Crippen molar-refractivity contribution in [1.29, 1.82) is 0 Å². The van der Waals surface area contributed by atoms with Crippen LogP contribution in [-0.4, -0.2) is 66.3 Å². The van der Waals surface area contributed by atoms with Gasteiger partial charge in [-0.15, -0.1) is 0 Å². The number of allylic oxidation sites excluding steroid dienone is 20. The molecule has 0 amide bonds. The Kier molecular flexibility index (Phi) is 43.0. The summed E-state index contributed by atoms with van der Waals surface area (Å²) >= 11 is 0. The number of unbranched alkanes of at least 4 members (excludes halogenated alkanes) is 7. The number of esters is 1. The van der Waals surface area contributed by atoms with E-state index in [2.05, 4.69) is 135 Å². The summed E-state index contributed by atoms with van der Waals surface area (Å²) in [7, 11) is -4.55. The van der Waals surface area contributed by atoms with Crippen molar-refractivity contribution in [1.82, 2.24) is 0 Å². The number of aliphatic hydroxyl groups is 2. The average molecular weight is 857 g/mol. The van der Waals surface area contributed by atoms with E-state index in [1.807, 2.05) is 0 Å². The molecule has 0 aromatic carbocycles. The van der Waals surface area contributed by atoms with Crippen molar-refractivity contribution in [2.45, 2.75) is 154 Å². The highest BCUT2D eigenvalue weighted by atomic mass is 31.2. The molecule has 0 aliphatic heterocycles. The normalized spacial score (nSPS) is 15.1.